The molecule has 0 saturated carbocycles. The zero-order valence-electron chi connectivity index (χ0n) is 8.47. The molecule has 0 aliphatic carbocycles. The number of nitriles is 1. The number of hydrogen-bond acceptors (Lipinski definition) is 3. The summed E-state index contributed by atoms with van der Waals surface area (Å²) in [7, 11) is 0. The van der Waals surface area contributed by atoms with Crippen LogP contribution in [0.4, 0.5) is 13.2 Å². The lowest BCUT2D eigenvalue weighted by atomic mass is 9.96. The van der Waals surface area contributed by atoms with Gasteiger partial charge >= 0.3 is 12.1 Å². The molecular formula is C9H12F3NO2. The van der Waals surface area contributed by atoms with E-state index in [1.165, 1.54) is 13.8 Å². The topological polar surface area (TPSA) is 50.1 Å². The van der Waals surface area contributed by atoms with E-state index in [1.54, 1.807) is 6.07 Å². The van der Waals surface area contributed by atoms with Crippen molar-refractivity contribution in [2.45, 2.75) is 26.4 Å². The van der Waals surface area contributed by atoms with Crippen LogP contribution in [0.3, 0.4) is 0 Å². The SMILES string of the molecule is CCOC(=O)C(CC(C)C#N)C(F)(F)F. The first-order valence-electron chi connectivity index (χ1n) is 4.45. The Bertz CT molecular complexity index is 257. The van der Waals surface area contributed by atoms with Crippen LogP contribution in [0.15, 0.2) is 0 Å². The minimum Gasteiger partial charge on any atom is -0.466 e. The van der Waals surface area contributed by atoms with Gasteiger partial charge in [0.15, 0.2) is 5.92 Å². The molecule has 0 aliphatic rings. The van der Waals surface area contributed by atoms with Crippen molar-refractivity contribution < 1.29 is 22.7 Å². The fourth-order valence-corrected chi connectivity index (χ4v) is 1.01. The first-order chi connectivity index (χ1) is 6.82. The number of alkyl halides is 3. The highest BCUT2D eigenvalue weighted by Gasteiger charge is 2.46. The van der Waals surface area contributed by atoms with Gasteiger partial charge in [-0.1, -0.05) is 0 Å². The molecule has 0 aromatic carbocycles. The number of ether oxygens (including phenoxy) is 1. The van der Waals surface area contributed by atoms with Gasteiger partial charge in [0, 0.05) is 5.92 Å². The van der Waals surface area contributed by atoms with Gasteiger partial charge in [-0.3, -0.25) is 4.79 Å². The van der Waals surface area contributed by atoms with Crippen LogP contribution in [0.25, 0.3) is 0 Å². The molecule has 6 heteroatoms. The van der Waals surface area contributed by atoms with Gasteiger partial charge < -0.3 is 4.74 Å². The average Bonchev–Trinajstić information content (AvgIpc) is 2.12. The van der Waals surface area contributed by atoms with Crippen molar-refractivity contribution in [1.29, 1.82) is 5.26 Å². The van der Waals surface area contributed by atoms with Crippen molar-refractivity contribution in [2.24, 2.45) is 11.8 Å². The predicted molar refractivity (Wildman–Crippen MR) is 45.6 cm³/mol. The van der Waals surface area contributed by atoms with E-state index in [0.29, 0.717) is 0 Å². The minimum atomic E-state index is -4.66. The van der Waals surface area contributed by atoms with Crippen LogP contribution in [0.2, 0.25) is 0 Å². The summed E-state index contributed by atoms with van der Waals surface area (Å²) in [6.07, 6.45) is -5.21. The Morgan fingerprint density at radius 1 is 1.53 bits per heavy atom. The Balaban J connectivity index is 4.61. The maximum absolute atomic E-state index is 12.4. The van der Waals surface area contributed by atoms with Crippen LogP contribution in [0, 0.1) is 23.2 Å². The summed E-state index contributed by atoms with van der Waals surface area (Å²) in [6.45, 7) is 2.66. The first-order valence-corrected chi connectivity index (χ1v) is 4.45. The molecule has 3 nitrogen and oxygen atoms in total. The van der Waals surface area contributed by atoms with Gasteiger partial charge in [0.05, 0.1) is 12.7 Å². The molecule has 2 atom stereocenters. The third-order valence-electron chi connectivity index (χ3n) is 1.78. The van der Waals surface area contributed by atoms with Crippen LogP contribution in [-0.2, 0) is 9.53 Å². The van der Waals surface area contributed by atoms with Crippen LogP contribution < -0.4 is 0 Å². The molecule has 86 valence electrons. The second kappa shape index (κ2) is 5.59. The van der Waals surface area contributed by atoms with Crippen LogP contribution in [0.1, 0.15) is 20.3 Å². The Labute approximate surface area is 85.8 Å². The summed E-state index contributed by atoms with van der Waals surface area (Å²) in [5.74, 6) is -4.35. The molecule has 0 aliphatic heterocycles. The molecule has 0 fully saturated rings. The summed E-state index contributed by atoms with van der Waals surface area (Å²) in [5, 5.41) is 8.39. The second-order valence-electron chi connectivity index (χ2n) is 3.11. The Morgan fingerprint density at radius 2 is 2.07 bits per heavy atom. The van der Waals surface area contributed by atoms with Gasteiger partial charge in [-0.25, -0.2) is 0 Å². The zero-order valence-corrected chi connectivity index (χ0v) is 8.47. The molecule has 0 bridgehead atoms. The van der Waals surface area contributed by atoms with Gasteiger partial charge in [-0.15, -0.1) is 0 Å². The van der Waals surface area contributed by atoms with E-state index in [-0.39, 0.29) is 6.61 Å². The quantitative estimate of drug-likeness (QED) is 0.687. The summed E-state index contributed by atoms with van der Waals surface area (Å²) >= 11 is 0. The normalized spacial score (nSPS) is 15.2. The van der Waals surface area contributed by atoms with Crippen molar-refractivity contribution in [3.05, 3.63) is 0 Å². The monoisotopic (exact) mass is 223 g/mol. The lowest BCUT2D eigenvalue weighted by Gasteiger charge is -2.19. The van der Waals surface area contributed by atoms with Crippen LogP contribution >= 0.6 is 0 Å². The Hall–Kier alpha value is -1.25. The first kappa shape index (κ1) is 13.8. The summed E-state index contributed by atoms with van der Waals surface area (Å²) in [4.78, 5) is 11.0. The molecule has 15 heavy (non-hydrogen) atoms. The predicted octanol–water partition coefficient (Wildman–Crippen LogP) is 2.28. The molecule has 0 aromatic rings. The number of rotatable bonds is 4. The molecule has 0 radical (unpaired) electrons. The van der Waals surface area contributed by atoms with E-state index in [9.17, 15) is 18.0 Å². The molecule has 0 N–H and O–H groups in total. The lowest BCUT2D eigenvalue weighted by molar-refractivity contribution is -0.199. The van der Waals surface area contributed by atoms with Gasteiger partial charge in [0.25, 0.3) is 0 Å². The highest BCUT2D eigenvalue weighted by atomic mass is 19.4. The third kappa shape index (κ3) is 4.68. The third-order valence-corrected chi connectivity index (χ3v) is 1.78. The standard InChI is InChI=1S/C9H12F3NO2/c1-3-15-8(14)7(9(10,11)12)4-6(2)5-13/h6-7H,3-4H2,1-2H3. The fraction of sp³-hybridized carbons (Fsp3) is 0.778. The molecule has 2 unspecified atom stereocenters. The van der Waals surface area contributed by atoms with Crippen molar-refractivity contribution in [3.8, 4) is 6.07 Å². The van der Waals surface area contributed by atoms with Gasteiger partial charge in [0.1, 0.15) is 0 Å². The van der Waals surface area contributed by atoms with E-state index in [4.69, 9.17) is 5.26 Å². The Kier molecular flexibility index (Phi) is 5.12. The zero-order chi connectivity index (χ0) is 12.1. The van der Waals surface area contributed by atoms with Crippen LogP contribution in [-0.4, -0.2) is 18.8 Å². The maximum Gasteiger partial charge on any atom is 0.402 e. The van der Waals surface area contributed by atoms with Crippen molar-refractivity contribution >= 4 is 5.97 Å². The van der Waals surface area contributed by atoms with E-state index >= 15 is 0 Å². The average molecular weight is 223 g/mol. The number of carbonyl (C=O) groups is 1. The summed E-state index contributed by atoms with van der Waals surface area (Å²) < 4.78 is 41.4. The molecule has 0 saturated heterocycles. The number of hydrogen-bond donors (Lipinski definition) is 0. The molecule has 0 amide bonds. The lowest BCUT2D eigenvalue weighted by Crippen LogP contribution is -2.33. The fourth-order valence-electron chi connectivity index (χ4n) is 1.01. The number of halogens is 3. The van der Waals surface area contributed by atoms with Gasteiger partial charge in [-0.2, -0.15) is 18.4 Å². The Morgan fingerprint density at radius 3 is 2.40 bits per heavy atom. The highest BCUT2D eigenvalue weighted by molar-refractivity contribution is 5.73. The van der Waals surface area contributed by atoms with E-state index in [1.807, 2.05) is 0 Å². The summed E-state index contributed by atoms with van der Waals surface area (Å²) in [5.41, 5.74) is 0. The van der Waals surface area contributed by atoms with Crippen molar-refractivity contribution in [2.75, 3.05) is 6.61 Å². The van der Waals surface area contributed by atoms with Crippen LogP contribution in [0.5, 0.6) is 0 Å². The number of nitrogens with zero attached hydrogens (tertiary/aromatic N) is 1. The van der Waals surface area contributed by atoms with E-state index in [0.717, 1.165) is 0 Å². The van der Waals surface area contributed by atoms with Gasteiger partial charge in [-0.05, 0) is 20.3 Å². The smallest absolute Gasteiger partial charge is 0.402 e. The van der Waals surface area contributed by atoms with E-state index in [2.05, 4.69) is 4.74 Å². The number of esters is 1. The molecule has 0 heterocycles. The largest absolute Gasteiger partial charge is 0.466 e. The molecule has 0 aromatic heterocycles. The second-order valence-corrected chi connectivity index (χ2v) is 3.11. The molecule has 0 spiro atoms. The minimum absolute atomic E-state index is 0.105. The maximum atomic E-state index is 12.4. The molecular weight excluding hydrogens is 211 g/mol. The van der Waals surface area contributed by atoms with E-state index < -0.39 is 30.4 Å². The van der Waals surface area contributed by atoms with Crippen molar-refractivity contribution in [3.63, 3.8) is 0 Å². The van der Waals surface area contributed by atoms with Gasteiger partial charge in [0.2, 0.25) is 0 Å². The highest BCUT2D eigenvalue weighted by Crippen LogP contribution is 2.32. The molecule has 0 rings (SSSR count). The summed E-state index contributed by atoms with van der Waals surface area (Å²) in [6, 6.07) is 1.66. The van der Waals surface area contributed by atoms with Crippen molar-refractivity contribution in [1.82, 2.24) is 0 Å². The number of carbonyl (C=O) groups excluding carboxylic acids is 1.